The van der Waals surface area contributed by atoms with Crippen molar-refractivity contribution in [2.24, 2.45) is 5.92 Å². The highest BCUT2D eigenvalue weighted by Gasteiger charge is 2.23. The van der Waals surface area contributed by atoms with Crippen LogP contribution < -0.4 is 10.9 Å². The van der Waals surface area contributed by atoms with Crippen LogP contribution in [0.3, 0.4) is 0 Å². The van der Waals surface area contributed by atoms with E-state index in [9.17, 15) is 14.4 Å². The maximum Gasteiger partial charge on any atom is 0.306 e. The second-order valence-electron chi connectivity index (χ2n) is 8.50. The number of amides is 1. The largest absolute Gasteiger partial charge is 0.456 e. The Morgan fingerprint density at radius 2 is 2.00 bits per heavy atom. The molecule has 2 heterocycles. The lowest BCUT2D eigenvalue weighted by molar-refractivity contribution is -0.148. The van der Waals surface area contributed by atoms with E-state index in [0.717, 1.165) is 60.7 Å². The van der Waals surface area contributed by atoms with Gasteiger partial charge in [-0.1, -0.05) is 19.8 Å². The first-order valence-corrected chi connectivity index (χ1v) is 11.8. The molecule has 0 aromatic carbocycles. The van der Waals surface area contributed by atoms with Crippen LogP contribution in [0.4, 0.5) is 0 Å². The van der Waals surface area contributed by atoms with Crippen molar-refractivity contribution in [3.63, 3.8) is 0 Å². The van der Waals surface area contributed by atoms with Crippen LogP contribution in [0.15, 0.2) is 4.79 Å². The molecule has 2 aromatic heterocycles. The number of H-pyrrole nitrogens is 1. The summed E-state index contributed by atoms with van der Waals surface area (Å²) in [5, 5.41) is 3.69. The van der Waals surface area contributed by atoms with Crippen LogP contribution in [0.2, 0.25) is 0 Å². The Kier molecular flexibility index (Phi) is 6.51. The van der Waals surface area contributed by atoms with Gasteiger partial charge in [-0.05, 0) is 50.0 Å². The number of nitrogens with zero attached hydrogens (tertiary/aromatic N) is 1. The summed E-state index contributed by atoms with van der Waals surface area (Å²) in [6, 6.07) is 0.169. The van der Waals surface area contributed by atoms with Gasteiger partial charge in [0.05, 0.1) is 11.8 Å². The molecule has 1 amide bonds. The van der Waals surface area contributed by atoms with Crippen LogP contribution in [-0.2, 0) is 33.6 Å². The molecular weight excluding hydrogens is 402 g/mol. The van der Waals surface area contributed by atoms with E-state index in [0.29, 0.717) is 11.7 Å². The molecule has 4 rings (SSSR count). The fraction of sp³-hybridized carbons (Fsp3) is 0.636. The molecule has 0 aliphatic heterocycles. The zero-order valence-electron chi connectivity index (χ0n) is 17.4. The number of fused-ring (bicyclic) bond motifs is 3. The first kappa shape index (κ1) is 21.0. The van der Waals surface area contributed by atoms with Crippen LogP contribution in [0.1, 0.15) is 68.1 Å². The molecule has 7 nitrogen and oxygen atoms in total. The van der Waals surface area contributed by atoms with E-state index in [1.54, 1.807) is 11.3 Å². The second-order valence-corrected chi connectivity index (χ2v) is 9.58. The Bertz CT molecular complexity index is 996. The van der Waals surface area contributed by atoms with Gasteiger partial charge in [0.1, 0.15) is 10.7 Å². The molecule has 2 aromatic rings. The molecule has 2 N–H and O–H groups in total. The summed E-state index contributed by atoms with van der Waals surface area (Å²) in [6.45, 7) is 1.88. The van der Waals surface area contributed by atoms with Crippen LogP contribution >= 0.6 is 11.3 Å². The van der Waals surface area contributed by atoms with Gasteiger partial charge in [0.2, 0.25) is 0 Å². The third-order valence-corrected chi connectivity index (χ3v) is 7.45. The standard InChI is InChI=1S/C22H29N3O4S/c1-13-6-2-4-8-15(13)23-18(26)12-29-19(27)11-10-17-24-21(28)20-14-7-3-5-9-16(14)30-22(20)25-17/h13,15H,2-12H2,1H3,(H,23,26)(H,24,25,28). The highest BCUT2D eigenvalue weighted by Crippen LogP contribution is 2.33. The maximum atomic E-state index is 12.5. The Balaban J connectivity index is 1.29. The van der Waals surface area contributed by atoms with Gasteiger partial charge in [0.15, 0.2) is 6.61 Å². The molecule has 162 valence electrons. The van der Waals surface area contributed by atoms with Crippen molar-refractivity contribution in [2.75, 3.05) is 6.61 Å². The zero-order valence-corrected chi connectivity index (χ0v) is 18.2. The average molecular weight is 432 g/mol. The summed E-state index contributed by atoms with van der Waals surface area (Å²) in [5.74, 6) is 0.233. The van der Waals surface area contributed by atoms with E-state index in [4.69, 9.17) is 4.74 Å². The first-order chi connectivity index (χ1) is 14.5. The van der Waals surface area contributed by atoms with Gasteiger partial charge in [0, 0.05) is 17.3 Å². The number of aromatic amines is 1. The normalized spacial score (nSPS) is 21.2. The lowest BCUT2D eigenvalue weighted by Crippen LogP contribution is -2.42. The number of thiophene rings is 1. The Labute approximate surface area is 179 Å². The molecule has 2 aliphatic rings. The number of ether oxygens (including phenoxy) is 1. The summed E-state index contributed by atoms with van der Waals surface area (Å²) in [4.78, 5) is 46.1. The number of nitrogens with one attached hydrogen (secondary N) is 2. The van der Waals surface area contributed by atoms with Crippen molar-refractivity contribution < 1.29 is 14.3 Å². The number of rotatable bonds is 6. The Hall–Kier alpha value is -2.22. The highest BCUT2D eigenvalue weighted by atomic mass is 32.1. The topological polar surface area (TPSA) is 101 Å². The summed E-state index contributed by atoms with van der Waals surface area (Å²) in [5.41, 5.74) is 1.03. The van der Waals surface area contributed by atoms with Crippen molar-refractivity contribution in [3.05, 3.63) is 26.6 Å². The van der Waals surface area contributed by atoms with Gasteiger partial charge in [-0.2, -0.15) is 0 Å². The number of hydrogen-bond donors (Lipinski definition) is 2. The van der Waals surface area contributed by atoms with E-state index in [1.165, 1.54) is 11.3 Å². The fourth-order valence-electron chi connectivity index (χ4n) is 4.54. The lowest BCUT2D eigenvalue weighted by Gasteiger charge is -2.29. The molecule has 0 saturated heterocycles. The minimum atomic E-state index is -0.463. The monoisotopic (exact) mass is 431 g/mol. The van der Waals surface area contributed by atoms with Gasteiger partial charge in [-0.3, -0.25) is 14.4 Å². The highest BCUT2D eigenvalue weighted by molar-refractivity contribution is 7.18. The van der Waals surface area contributed by atoms with Crippen LogP contribution in [0.25, 0.3) is 10.2 Å². The minimum Gasteiger partial charge on any atom is -0.456 e. The average Bonchev–Trinajstić information content (AvgIpc) is 3.11. The number of hydrogen-bond acceptors (Lipinski definition) is 6. The molecule has 2 atom stereocenters. The molecule has 1 saturated carbocycles. The molecule has 2 aliphatic carbocycles. The van der Waals surface area contributed by atoms with Gasteiger partial charge in [-0.15, -0.1) is 11.3 Å². The number of carbonyl (C=O) groups excluding carboxylic acids is 2. The van der Waals surface area contributed by atoms with Crippen molar-refractivity contribution in [3.8, 4) is 0 Å². The molecule has 2 unspecified atom stereocenters. The number of aryl methyl sites for hydroxylation is 3. The number of aromatic nitrogens is 2. The minimum absolute atomic E-state index is 0.0760. The van der Waals surface area contributed by atoms with Crippen molar-refractivity contribution in [1.82, 2.24) is 15.3 Å². The van der Waals surface area contributed by atoms with Gasteiger partial charge in [0.25, 0.3) is 11.5 Å². The SMILES string of the molecule is CC1CCCCC1NC(=O)COC(=O)CCc1nc2sc3c(c2c(=O)[nH]1)CCCC3. The van der Waals surface area contributed by atoms with E-state index >= 15 is 0 Å². The van der Waals surface area contributed by atoms with Crippen molar-refractivity contribution >= 4 is 33.4 Å². The van der Waals surface area contributed by atoms with E-state index in [1.807, 2.05) is 0 Å². The van der Waals surface area contributed by atoms with Crippen molar-refractivity contribution in [1.29, 1.82) is 0 Å². The van der Waals surface area contributed by atoms with E-state index in [-0.39, 0.29) is 37.0 Å². The predicted octanol–water partition coefficient (Wildman–Crippen LogP) is 3.03. The van der Waals surface area contributed by atoms with Crippen molar-refractivity contribution in [2.45, 2.75) is 77.2 Å². The Morgan fingerprint density at radius 1 is 1.20 bits per heavy atom. The lowest BCUT2D eigenvalue weighted by atomic mass is 9.86. The smallest absolute Gasteiger partial charge is 0.306 e. The number of esters is 1. The Morgan fingerprint density at radius 3 is 2.83 bits per heavy atom. The van der Waals surface area contributed by atoms with Gasteiger partial charge in [-0.25, -0.2) is 4.98 Å². The summed E-state index contributed by atoms with van der Waals surface area (Å²) in [7, 11) is 0. The van der Waals surface area contributed by atoms with Gasteiger partial charge >= 0.3 is 5.97 Å². The first-order valence-electron chi connectivity index (χ1n) is 11.0. The second kappa shape index (κ2) is 9.29. The van der Waals surface area contributed by atoms with E-state index < -0.39 is 5.97 Å². The maximum absolute atomic E-state index is 12.5. The third kappa shape index (κ3) is 4.74. The molecule has 8 heteroatoms. The summed E-state index contributed by atoms with van der Waals surface area (Å²) < 4.78 is 5.12. The quantitative estimate of drug-likeness (QED) is 0.685. The number of carbonyl (C=O) groups is 2. The van der Waals surface area contributed by atoms with Crippen LogP contribution in [0.5, 0.6) is 0 Å². The van der Waals surface area contributed by atoms with E-state index in [2.05, 4.69) is 22.2 Å². The molecule has 0 spiro atoms. The van der Waals surface area contributed by atoms with Crippen LogP contribution in [0, 0.1) is 5.92 Å². The molecular formula is C22H29N3O4S. The predicted molar refractivity (Wildman–Crippen MR) is 116 cm³/mol. The molecule has 0 bridgehead atoms. The third-order valence-electron chi connectivity index (χ3n) is 6.26. The van der Waals surface area contributed by atoms with Gasteiger partial charge < -0.3 is 15.0 Å². The summed E-state index contributed by atoms with van der Waals surface area (Å²) in [6.07, 6.45) is 9.01. The molecule has 1 fully saturated rings. The molecule has 0 radical (unpaired) electrons. The van der Waals surface area contributed by atoms with Crippen LogP contribution in [-0.4, -0.2) is 34.5 Å². The zero-order chi connectivity index (χ0) is 21.1. The summed E-state index contributed by atoms with van der Waals surface area (Å²) >= 11 is 1.59. The molecule has 30 heavy (non-hydrogen) atoms. The fourth-order valence-corrected chi connectivity index (χ4v) is 5.83.